The van der Waals surface area contributed by atoms with E-state index >= 15 is 0 Å². The zero-order valence-electron chi connectivity index (χ0n) is 12.5. The minimum absolute atomic E-state index is 0.298. The van der Waals surface area contributed by atoms with Gasteiger partial charge in [-0.3, -0.25) is 0 Å². The van der Waals surface area contributed by atoms with Gasteiger partial charge in [-0.15, -0.1) is 0 Å². The van der Waals surface area contributed by atoms with Crippen molar-refractivity contribution in [2.75, 3.05) is 6.61 Å². The van der Waals surface area contributed by atoms with Crippen molar-refractivity contribution in [3.8, 4) is 0 Å². The topological polar surface area (TPSA) is 39.9 Å². The fraction of sp³-hybridized carbons (Fsp3) is 0.333. The van der Waals surface area contributed by atoms with Gasteiger partial charge in [-0.1, -0.05) is 30.3 Å². The molecular weight excluding hydrogens is 274 g/mol. The fourth-order valence-corrected chi connectivity index (χ4v) is 3.10. The Morgan fingerprint density at radius 2 is 2.05 bits per heavy atom. The number of nitrogens with zero attached hydrogens (tertiary/aromatic N) is 3. The van der Waals surface area contributed by atoms with Crippen LogP contribution in [0, 0.1) is 0 Å². The first-order chi connectivity index (χ1) is 10.9. The molecule has 1 aromatic carbocycles. The van der Waals surface area contributed by atoms with Crippen LogP contribution in [0.15, 0.2) is 48.7 Å². The second kappa shape index (κ2) is 5.89. The van der Waals surface area contributed by atoms with E-state index in [-0.39, 0.29) is 0 Å². The molecule has 112 valence electrons. The van der Waals surface area contributed by atoms with Gasteiger partial charge < -0.3 is 9.30 Å². The molecule has 4 nitrogen and oxygen atoms in total. The number of benzene rings is 1. The van der Waals surface area contributed by atoms with Crippen LogP contribution in [0.5, 0.6) is 0 Å². The lowest BCUT2D eigenvalue weighted by Gasteiger charge is -2.12. The van der Waals surface area contributed by atoms with Crippen LogP contribution in [-0.4, -0.2) is 27.2 Å². The molecule has 3 heterocycles. The van der Waals surface area contributed by atoms with Gasteiger partial charge in [-0.25, -0.2) is 9.97 Å². The molecule has 1 aliphatic rings. The van der Waals surface area contributed by atoms with Crippen molar-refractivity contribution in [2.45, 2.75) is 31.9 Å². The van der Waals surface area contributed by atoms with Crippen LogP contribution in [0.25, 0.3) is 11.2 Å². The van der Waals surface area contributed by atoms with Gasteiger partial charge in [-0.05, 0) is 30.5 Å². The van der Waals surface area contributed by atoms with Gasteiger partial charge in [0.15, 0.2) is 5.65 Å². The Morgan fingerprint density at radius 1 is 1.14 bits per heavy atom. The van der Waals surface area contributed by atoms with Crippen molar-refractivity contribution in [1.29, 1.82) is 0 Å². The molecule has 4 rings (SSSR count). The number of ether oxygens (including phenoxy) is 1. The maximum atomic E-state index is 5.78. The first kappa shape index (κ1) is 13.5. The number of aromatic nitrogens is 3. The Hall–Kier alpha value is -2.20. The summed E-state index contributed by atoms with van der Waals surface area (Å²) >= 11 is 0. The zero-order chi connectivity index (χ0) is 14.8. The minimum atomic E-state index is 0.298. The maximum absolute atomic E-state index is 5.78. The van der Waals surface area contributed by atoms with Gasteiger partial charge >= 0.3 is 0 Å². The molecule has 0 N–H and O–H groups in total. The van der Waals surface area contributed by atoms with E-state index in [1.165, 1.54) is 5.56 Å². The second-order valence-corrected chi connectivity index (χ2v) is 5.79. The molecule has 1 unspecified atom stereocenters. The molecular formula is C18H19N3O. The van der Waals surface area contributed by atoms with Crippen LogP contribution in [0.1, 0.15) is 24.2 Å². The van der Waals surface area contributed by atoms with Gasteiger partial charge in [0.25, 0.3) is 0 Å². The van der Waals surface area contributed by atoms with E-state index in [4.69, 9.17) is 9.72 Å². The predicted molar refractivity (Wildman–Crippen MR) is 85.8 cm³/mol. The van der Waals surface area contributed by atoms with Crippen molar-refractivity contribution >= 4 is 11.2 Å². The van der Waals surface area contributed by atoms with E-state index in [0.29, 0.717) is 6.10 Å². The minimum Gasteiger partial charge on any atom is -0.378 e. The molecule has 1 saturated heterocycles. The third-order valence-electron chi connectivity index (χ3n) is 4.20. The standard InChI is InChI=1S/C18H19N3O/c1-2-6-14(7-3-1)13-21-17(12-15-8-5-11-22-15)20-16-9-4-10-19-18(16)21/h1-4,6-7,9-10,15H,5,8,11-13H2. The Labute approximate surface area is 129 Å². The number of fused-ring (bicyclic) bond motifs is 1. The normalized spacial score (nSPS) is 18.1. The third kappa shape index (κ3) is 2.62. The summed E-state index contributed by atoms with van der Waals surface area (Å²) in [4.78, 5) is 9.32. The molecule has 0 amide bonds. The molecule has 2 aromatic heterocycles. The van der Waals surface area contributed by atoms with Crippen molar-refractivity contribution in [3.63, 3.8) is 0 Å². The van der Waals surface area contributed by atoms with E-state index in [2.05, 4.69) is 33.8 Å². The number of hydrogen-bond donors (Lipinski definition) is 0. The van der Waals surface area contributed by atoms with Crippen molar-refractivity contribution in [3.05, 3.63) is 60.0 Å². The average molecular weight is 293 g/mol. The van der Waals surface area contributed by atoms with Crippen LogP contribution >= 0.6 is 0 Å². The molecule has 0 spiro atoms. The molecule has 22 heavy (non-hydrogen) atoms. The highest BCUT2D eigenvalue weighted by Crippen LogP contribution is 2.21. The lowest BCUT2D eigenvalue weighted by molar-refractivity contribution is 0.109. The predicted octanol–water partition coefficient (Wildman–Crippen LogP) is 3.20. The first-order valence-electron chi connectivity index (χ1n) is 7.86. The Bertz CT molecular complexity index is 760. The Morgan fingerprint density at radius 3 is 2.86 bits per heavy atom. The first-order valence-corrected chi connectivity index (χ1v) is 7.86. The van der Waals surface area contributed by atoms with Crippen molar-refractivity contribution in [2.24, 2.45) is 0 Å². The van der Waals surface area contributed by atoms with Crippen LogP contribution in [0.3, 0.4) is 0 Å². The molecule has 4 heteroatoms. The van der Waals surface area contributed by atoms with Gasteiger partial charge in [0.2, 0.25) is 0 Å². The summed E-state index contributed by atoms with van der Waals surface area (Å²) < 4.78 is 8.01. The number of pyridine rings is 1. The molecule has 0 bridgehead atoms. The average Bonchev–Trinajstić information content (AvgIpc) is 3.18. The number of imidazole rings is 1. The van der Waals surface area contributed by atoms with Crippen LogP contribution in [0.4, 0.5) is 0 Å². The zero-order valence-corrected chi connectivity index (χ0v) is 12.5. The van der Waals surface area contributed by atoms with Crippen LogP contribution < -0.4 is 0 Å². The molecule has 1 atom stereocenters. The summed E-state index contributed by atoms with van der Waals surface area (Å²) in [7, 11) is 0. The summed E-state index contributed by atoms with van der Waals surface area (Å²) in [5, 5.41) is 0. The van der Waals surface area contributed by atoms with Crippen LogP contribution in [0.2, 0.25) is 0 Å². The van der Waals surface area contributed by atoms with Gasteiger partial charge in [0.05, 0.1) is 12.6 Å². The molecule has 0 radical (unpaired) electrons. The largest absolute Gasteiger partial charge is 0.378 e. The van der Waals surface area contributed by atoms with Gasteiger partial charge in [0, 0.05) is 19.2 Å². The Balaban J connectivity index is 1.72. The summed E-state index contributed by atoms with van der Waals surface area (Å²) in [6.07, 6.45) is 5.28. The van der Waals surface area contributed by atoms with E-state index < -0.39 is 0 Å². The van der Waals surface area contributed by atoms with E-state index in [1.54, 1.807) is 0 Å². The van der Waals surface area contributed by atoms with Gasteiger partial charge in [-0.2, -0.15) is 0 Å². The number of hydrogen-bond acceptors (Lipinski definition) is 3. The summed E-state index contributed by atoms with van der Waals surface area (Å²) in [6.45, 7) is 1.68. The molecule has 0 saturated carbocycles. The number of rotatable bonds is 4. The maximum Gasteiger partial charge on any atom is 0.160 e. The van der Waals surface area contributed by atoms with Crippen molar-refractivity contribution in [1.82, 2.24) is 14.5 Å². The van der Waals surface area contributed by atoms with Crippen LogP contribution in [-0.2, 0) is 17.7 Å². The van der Waals surface area contributed by atoms with E-state index in [0.717, 1.165) is 49.4 Å². The second-order valence-electron chi connectivity index (χ2n) is 5.79. The monoisotopic (exact) mass is 293 g/mol. The Kier molecular flexibility index (Phi) is 3.60. The lowest BCUT2D eigenvalue weighted by atomic mass is 10.1. The molecule has 3 aromatic rings. The van der Waals surface area contributed by atoms with Gasteiger partial charge in [0.1, 0.15) is 11.3 Å². The highest BCUT2D eigenvalue weighted by atomic mass is 16.5. The van der Waals surface area contributed by atoms with Crippen molar-refractivity contribution < 1.29 is 4.74 Å². The lowest BCUT2D eigenvalue weighted by Crippen LogP contribution is -2.14. The smallest absolute Gasteiger partial charge is 0.160 e. The molecule has 1 fully saturated rings. The summed E-state index contributed by atoms with van der Waals surface area (Å²) in [5.41, 5.74) is 3.19. The fourth-order valence-electron chi connectivity index (χ4n) is 3.10. The third-order valence-corrected chi connectivity index (χ3v) is 4.20. The SMILES string of the molecule is c1ccc(Cn2c(CC3CCCO3)nc3cccnc32)cc1. The highest BCUT2D eigenvalue weighted by molar-refractivity contribution is 5.71. The summed E-state index contributed by atoms with van der Waals surface area (Å²) in [5.74, 6) is 1.07. The molecule has 1 aliphatic heterocycles. The highest BCUT2D eigenvalue weighted by Gasteiger charge is 2.20. The quantitative estimate of drug-likeness (QED) is 0.741. The van der Waals surface area contributed by atoms with E-state index in [9.17, 15) is 0 Å². The van der Waals surface area contributed by atoms with E-state index in [1.807, 2.05) is 24.4 Å². The summed E-state index contributed by atoms with van der Waals surface area (Å²) in [6, 6.07) is 14.4. The molecule has 0 aliphatic carbocycles.